The highest BCUT2D eigenvalue weighted by atomic mass is 16.6. The molecule has 1 saturated heterocycles. The molecule has 3 nitrogen and oxygen atoms in total. The van der Waals surface area contributed by atoms with Crippen molar-refractivity contribution in [2.75, 3.05) is 13.2 Å². The second-order valence-electron chi connectivity index (χ2n) is 3.76. The van der Waals surface area contributed by atoms with Crippen molar-refractivity contribution in [3.05, 3.63) is 12.2 Å². The molecule has 1 heterocycles. The van der Waals surface area contributed by atoms with Gasteiger partial charge in [-0.2, -0.15) is 0 Å². The van der Waals surface area contributed by atoms with Gasteiger partial charge < -0.3 is 9.47 Å². The Morgan fingerprint density at radius 3 is 2.47 bits per heavy atom. The molecule has 0 saturated carbocycles. The molecule has 1 unspecified atom stereocenters. The van der Waals surface area contributed by atoms with Crippen LogP contribution in [0.4, 0.5) is 0 Å². The van der Waals surface area contributed by atoms with E-state index in [1.807, 2.05) is 0 Å². The minimum Gasteiger partial charge on any atom is -0.462 e. The standard InChI is InChI=1S/C10H16O3.2CH4/c1-8(2)9(11)12-6-4-5-10(3)7-13-10;;/h1,4-7H2,2-3H3;2*1H4. The number of esters is 1. The van der Waals surface area contributed by atoms with Crippen molar-refractivity contribution in [3.63, 3.8) is 0 Å². The number of epoxide rings is 1. The van der Waals surface area contributed by atoms with E-state index in [-0.39, 0.29) is 26.4 Å². The molecule has 0 N–H and O–H groups in total. The van der Waals surface area contributed by atoms with Crippen molar-refractivity contribution in [1.82, 2.24) is 0 Å². The normalized spacial score (nSPS) is 22.0. The summed E-state index contributed by atoms with van der Waals surface area (Å²) in [7, 11) is 0. The molecule has 0 aromatic rings. The molecule has 1 rings (SSSR count). The van der Waals surface area contributed by atoms with Crippen LogP contribution >= 0.6 is 0 Å². The third kappa shape index (κ3) is 6.28. The predicted octanol–water partition coefficient (Wildman–Crippen LogP) is 2.95. The van der Waals surface area contributed by atoms with E-state index in [2.05, 4.69) is 13.5 Å². The molecule has 3 heteroatoms. The number of hydrogen-bond acceptors (Lipinski definition) is 3. The van der Waals surface area contributed by atoms with Crippen LogP contribution in [0.1, 0.15) is 41.5 Å². The largest absolute Gasteiger partial charge is 0.462 e. The Bertz CT molecular complexity index is 217. The lowest BCUT2D eigenvalue weighted by Crippen LogP contribution is -2.10. The van der Waals surface area contributed by atoms with Crippen molar-refractivity contribution < 1.29 is 14.3 Å². The zero-order valence-corrected chi connectivity index (χ0v) is 8.26. The third-order valence-electron chi connectivity index (χ3n) is 2.07. The Morgan fingerprint density at radius 1 is 1.53 bits per heavy atom. The Balaban J connectivity index is 0. The zero-order valence-electron chi connectivity index (χ0n) is 8.26. The van der Waals surface area contributed by atoms with Crippen LogP contribution in [0.3, 0.4) is 0 Å². The fraction of sp³-hybridized carbons (Fsp3) is 0.750. The first-order chi connectivity index (χ1) is 6.03. The van der Waals surface area contributed by atoms with Gasteiger partial charge in [-0.25, -0.2) is 4.79 Å². The average Bonchev–Trinajstić information content (AvgIpc) is 2.78. The van der Waals surface area contributed by atoms with E-state index in [1.54, 1.807) is 6.92 Å². The van der Waals surface area contributed by atoms with Gasteiger partial charge in [-0.3, -0.25) is 0 Å². The molecular weight excluding hydrogens is 192 g/mol. The van der Waals surface area contributed by atoms with Crippen LogP contribution in [0.25, 0.3) is 0 Å². The van der Waals surface area contributed by atoms with Gasteiger partial charge in [0.2, 0.25) is 0 Å². The maximum Gasteiger partial charge on any atom is 0.333 e. The van der Waals surface area contributed by atoms with Gasteiger partial charge in [0.25, 0.3) is 0 Å². The van der Waals surface area contributed by atoms with Crippen molar-refractivity contribution in [2.45, 2.75) is 47.1 Å². The van der Waals surface area contributed by atoms with Gasteiger partial charge in [-0.15, -0.1) is 0 Å². The summed E-state index contributed by atoms with van der Waals surface area (Å²) >= 11 is 0. The van der Waals surface area contributed by atoms with Crippen molar-refractivity contribution in [1.29, 1.82) is 0 Å². The Labute approximate surface area is 93.5 Å². The molecule has 0 aromatic carbocycles. The van der Waals surface area contributed by atoms with E-state index in [4.69, 9.17) is 9.47 Å². The van der Waals surface area contributed by atoms with E-state index < -0.39 is 0 Å². The highest BCUT2D eigenvalue weighted by Gasteiger charge is 2.38. The molecule has 0 amide bonds. The number of ether oxygens (including phenoxy) is 2. The molecular formula is C12H24O3. The van der Waals surface area contributed by atoms with E-state index >= 15 is 0 Å². The quantitative estimate of drug-likeness (QED) is 0.307. The monoisotopic (exact) mass is 216 g/mol. The van der Waals surface area contributed by atoms with E-state index in [9.17, 15) is 4.79 Å². The first kappa shape index (κ1) is 16.6. The smallest absolute Gasteiger partial charge is 0.333 e. The summed E-state index contributed by atoms with van der Waals surface area (Å²) < 4.78 is 10.1. The summed E-state index contributed by atoms with van der Waals surface area (Å²) in [4.78, 5) is 10.9. The highest BCUT2D eigenvalue weighted by molar-refractivity contribution is 5.86. The molecule has 0 aromatic heterocycles. The van der Waals surface area contributed by atoms with Crippen LogP contribution in [0, 0.1) is 0 Å². The van der Waals surface area contributed by atoms with Gasteiger partial charge in [-0.05, 0) is 26.7 Å². The second kappa shape index (κ2) is 6.62. The molecule has 0 aliphatic carbocycles. The van der Waals surface area contributed by atoms with E-state index in [0.29, 0.717) is 12.2 Å². The molecule has 0 spiro atoms. The van der Waals surface area contributed by atoms with Gasteiger partial charge >= 0.3 is 5.97 Å². The van der Waals surface area contributed by atoms with Gasteiger partial charge in [-0.1, -0.05) is 21.4 Å². The fourth-order valence-electron chi connectivity index (χ4n) is 1.00. The highest BCUT2D eigenvalue weighted by Crippen LogP contribution is 2.30. The SMILES string of the molecule is C.C.C=C(C)C(=O)OCCCC1(C)CO1. The van der Waals surface area contributed by atoms with Gasteiger partial charge in [0.1, 0.15) is 0 Å². The molecule has 0 radical (unpaired) electrons. The third-order valence-corrected chi connectivity index (χ3v) is 2.07. The lowest BCUT2D eigenvalue weighted by atomic mass is 10.1. The molecule has 90 valence electrons. The maximum atomic E-state index is 10.9. The van der Waals surface area contributed by atoms with Crippen LogP contribution in [-0.4, -0.2) is 24.8 Å². The first-order valence-corrected chi connectivity index (χ1v) is 4.50. The average molecular weight is 216 g/mol. The Morgan fingerprint density at radius 2 is 2.07 bits per heavy atom. The van der Waals surface area contributed by atoms with Crippen LogP contribution in [0.5, 0.6) is 0 Å². The lowest BCUT2D eigenvalue weighted by molar-refractivity contribution is -0.139. The first-order valence-electron chi connectivity index (χ1n) is 4.50. The zero-order chi connectivity index (χ0) is 9.90. The van der Waals surface area contributed by atoms with Crippen molar-refractivity contribution in [2.24, 2.45) is 0 Å². The molecule has 1 aliphatic heterocycles. The van der Waals surface area contributed by atoms with E-state index in [0.717, 1.165) is 19.4 Å². The number of carbonyl (C=O) groups is 1. The molecule has 1 atom stereocenters. The molecule has 0 bridgehead atoms. The van der Waals surface area contributed by atoms with Crippen LogP contribution < -0.4 is 0 Å². The van der Waals surface area contributed by atoms with Crippen molar-refractivity contribution >= 4 is 5.97 Å². The minimum absolute atomic E-state index is 0. The topological polar surface area (TPSA) is 38.8 Å². The maximum absolute atomic E-state index is 10.9. The Kier molecular flexibility index (Phi) is 7.32. The number of carbonyl (C=O) groups excluding carboxylic acids is 1. The van der Waals surface area contributed by atoms with Crippen LogP contribution in [0.15, 0.2) is 12.2 Å². The summed E-state index contributed by atoms with van der Waals surface area (Å²) in [5, 5.41) is 0. The van der Waals surface area contributed by atoms with Gasteiger partial charge in [0.15, 0.2) is 0 Å². The van der Waals surface area contributed by atoms with Gasteiger partial charge in [0.05, 0.1) is 18.8 Å². The van der Waals surface area contributed by atoms with E-state index in [1.165, 1.54) is 0 Å². The minimum atomic E-state index is -0.304. The summed E-state index contributed by atoms with van der Waals surface area (Å²) in [6.45, 7) is 8.50. The second-order valence-corrected chi connectivity index (χ2v) is 3.76. The number of hydrogen-bond donors (Lipinski definition) is 0. The summed E-state index contributed by atoms with van der Waals surface area (Å²) in [6, 6.07) is 0. The summed E-state index contributed by atoms with van der Waals surface area (Å²) in [6.07, 6.45) is 1.81. The molecule has 1 aliphatic rings. The summed E-state index contributed by atoms with van der Waals surface area (Å²) in [5.74, 6) is -0.304. The molecule has 15 heavy (non-hydrogen) atoms. The Hall–Kier alpha value is -0.830. The van der Waals surface area contributed by atoms with Crippen LogP contribution in [-0.2, 0) is 14.3 Å². The van der Waals surface area contributed by atoms with Crippen molar-refractivity contribution in [3.8, 4) is 0 Å². The predicted molar refractivity (Wildman–Crippen MR) is 62.8 cm³/mol. The van der Waals surface area contributed by atoms with Crippen LogP contribution in [0.2, 0.25) is 0 Å². The lowest BCUT2D eigenvalue weighted by Gasteiger charge is -2.05. The number of rotatable bonds is 5. The summed E-state index contributed by atoms with van der Waals surface area (Å²) in [5.41, 5.74) is 0.518. The molecule has 1 fully saturated rings. The van der Waals surface area contributed by atoms with Gasteiger partial charge in [0, 0.05) is 5.57 Å². The fourth-order valence-corrected chi connectivity index (χ4v) is 1.00.